The van der Waals surface area contributed by atoms with Crippen LogP contribution in [0, 0.1) is 0 Å². The molecule has 0 saturated heterocycles. The third-order valence-electron chi connectivity index (χ3n) is 2.89. The predicted octanol–water partition coefficient (Wildman–Crippen LogP) is 2.51. The van der Waals surface area contributed by atoms with E-state index in [1.807, 2.05) is 19.1 Å². The van der Waals surface area contributed by atoms with Crippen molar-refractivity contribution in [1.29, 1.82) is 0 Å². The fraction of sp³-hybridized carbons (Fsp3) is 0.500. The summed E-state index contributed by atoms with van der Waals surface area (Å²) < 4.78 is 14.9. The molecule has 0 bridgehead atoms. The van der Waals surface area contributed by atoms with Gasteiger partial charge in [0, 0.05) is 6.42 Å². The lowest BCUT2D eigenvalue weighted by Gasteiger charge is -2.07. The number of benzene rings is 1. The molecule has 0 aliphatic rings. The summed E-state index contributed by atoms with van der Waals surface area (Å²) in [6.07, 6.45) is 2.81. The molecule has 0 saturated carbocycles. The third kappa shape index (κ3) is 7.34. The van der Waals surface area contributed by atoms with Gasteiger partial charge in [0.15, 0.2) is 6.61 Å². The number of hydrogen-bond acceptors (Lipinski definition) is 5. The summed E-state index contributed by atoms with van der Waals surface area (Å²) in [5.41, 5.74) is 1.01. The highest BCUT2D eigenvalue weighted by atomic mass is 16.6. The maximum atomic E-state index is 11.4. The minimum atomic E-state index is -0.363. The highest BCUT2D eigenvalue weighted by Crippen LogP contribution is 2.13. The topological polar surface area (TPSA) is 61.8 Å². The molecule has 1 aromatic carbocycles. The van der Waals surface area contributed by atoms with Crippen molar-refractivity contribution in [3.63, 3.8) is 0 Å². The second-order valence-corrected chi connectivity index (χ2v) is 4.58. The Morgan fingerprint density at radius 3 is 2.43 bits per heavy atom. The molecule has 0 fully saturated rings. The van der Waals surface area contributed by atoms with Crippen LogP contribution in [0.25, 0.3) is 0 Å². The Morgan fingerprint density at radius 1 is 1.10 bits per heavy atom. The predicted molar refractivity (Wildman–Crippen MR) is 78.1 cm³/mol. The summed E-state index contributed by atoms with van der Waals surface area (Å²) in [4.78, 5) is 22.4. The first kappa shape index (κ1) is 17.0. The minimum absolute atomic E-state index is 0.0920. The quantitative estimate of drug-likeness (QED) is 0.517. The zero-order valence-corrected chi connectivity index (χ0v) is 12.6. The van der Waals surface area contributed by atoms with Gasteiger partial charge in [-0.05, 0) is 30.5 Å². The summed E-state index contributed by atoms with van der Waals surface area (Å²) in [6.45, 7) is 2.38. The molecular weight excluding hydrogens is 272 g/mol. The highest BCUT2D eigenvalue weighted by molar-refractivity contribution is 5.71. The number of ether oxygens (including phenoxy) is 3. The van der Waals surface area contributed by atoms with E-state index < -0.39 is 0 Å². The van der Waals surface area contributed by atoms with Crippen LogP contribution < -0.4 is 4.74 Å². The van der Waals surface area contributed by atoms with Gasteiger partial charge in [-0.1, -0.05) is 25.5 Å². The van der Waals surface area contributed by atoms with Crippen molar-refractivity contribution in [1.82, 2.24) is 0 Å². The molecule has 21 heavy (non-hydrogen) atoms. The first-order valence-electron chi connectivity index (χ1n) is 7.10. The maximum Gasteiger partial charge on any atom is 0.344 e. The summed E-state index contributed by atoms with van der Waals surface area (Å²) in [6, 6.07) is 7.26. The zero-order chi connectivity index (χ0) is 15.5. The van der Waals surface area contributed by atoms with Gasteiger partial charge in [0.25, 0.3) is 0 Å². The van der Waals surface area contributed by atoms with E-state index in [4.69, 9.17) is 9.47 Å². The second kappa shape index (κ2) is 9.80. The molecule has 0 aliphatic heterocycles. The first-order valence-corrected chi connectivity index (χ1v) is 7.10. The van der Waals surface area contributed by atoms with Crippen molar-refractivity contribution in [2.45, 2.75) is 32.6 Å². The molecule has 116 valence electrons. The average Bonchev–Trinajstić information content (AvgIpc) is 2.51. The number of hydrogen-bond donors (Lipinski definition) is 0. The molecule has 0 radical (unpaired) electrons. The molecule has 0 spiro atoms. The number of carbonyl (C=O) groups is 2. The highest BCUT2D eigenvalue weighted by Gasteiger charge is 2.05. The van der Waals surface area contributed by atoms with Crippen LogP contribution in [-0.2, 0) is 25.5 Å². The first-order chi connectivity index (χ1) is 10.2. The van der Waals surface area contributed by atoms with E-state index in [1.165, 1.54) is 7.11 Å². The van der Waals surface area contributed by atoms with E-state index in [-0.39, 0.29) is 18.5 Å². The lowest BCUT2D eigenvalue weighted by atomic mass is 10.1. The summed E-state index contributed by atoms with van der Waals surface area (Å²) >= 11 is 0. The van der Waals surface area contributed by atoms with Crippen molar-refractivity contribution in [3.8, 4) is 5.75 Å². The van der Waals surface area contributed by atoms with Gasteiger partial charge in [0.2, 0.25) is 0 Å². The van der Waals surface area contributed by atoms with E-state index in [0.29, 0.717) is 25.2 Å². The van der Waals surface area contributed by atoms with Crippen LogP contribution in [0.5, 0.6) is 5.75 Å². The van der Waals surface area contributed by atoms with E-state index in [0.717, 1.165) is 18.4 Å². The summed E-state index contributed by atoms with van der Waals surface area (Å²) in [5, 5.41) is 0. The molecule has 0 unspecified atom stereocenters. The van der Waals surface area contributed by atoms with Crippen LogP contribution in [-0.4, -0.2) is 32.3 Å². The maximum absolute atomic E-state index is 11.4. The Balaban J connectivity index is 2.30. The average molecular weight is 294 g/mol. The van der Waals surface area contributed by atoms with E-state index in [1.54, 1.807) is 12.1 Å². The molecule has 5 heteroatoms. The Labute approximate surface area is 125 Å². The number of methoxy groups -OCH3 is 1. The van der Waals surface area contributed by atoms with Crippen LogP contribution >= 0.6 is 0 Å². The van der Waals surface area contributed by atoms with Crippen molar-refractivity contribution in [3.05, 3.63) is 29.8 Å². The number of carbonyl (C=O) groups excluding carboxylic acids is 2. The van der Waals surface area contributed by atoms with E-state index in [2.05, 4.69) is 4.74 Å². The number of unbranched alkanes of at least 4 members (excludes halogenated alkanes) is 1. The van der Waals surface area contributed by atoms with Gasteiger partial charge < -0.3 is 14.2 Å². The van der Waals surface area contributed by atoms with Crippen LogP contribution in [0.15, 0.2) is 24.3 Å². The molecule has 0 heterocycles. The summed E-state index contributed by atoms with van der Waals surface area (Å²) in [7, 11) is 1.37. The van der Waals surface area contributed by atoms with Crippen LogP contribution in [0.3, 0.4) is 0 Å². The van der Waals surface area contributed by atoms with Crippen molar-refractivity contribution >= 4 is 11.9 Å². The van der Waals surface area contributed by atoms with Gasteiger partial charge in [-0.25, -0.2) is 4.79 Å². The van der Waals surface area contributed by atoms with Gasteiger partial charge in [-0.2, -0.15) is 0 Å². The summed E-state index contributed by atoms with van der Waals surface area (Å²) in [5.74, 6) is 0.00706. The van der Waals surface area contributed by atoms with Crippen LogP contribution in [0.1, 0.15) is 31.7 Å². The van der Waals surface area contributed by atoms with Gasteiger partial charge in [-0.15, -0.1) is 0 Å². The van der Waals surface area contributed by atoms with E-state index >= 15 is 0 Å². The molecule has 0 aliphatic carbocycles. The van der Waals surface area contributed by atoms with Gasteiger partial charge in [0.1, 0.15) is 5.75 Å². The van der Waals surface area contributed by atoms with Crippen molar-refractivity contribution in [2.75, 3.05) is 20.3 Å². The molecule has 0 atom stereocenters. The fourth-order valence-corrected chi connectivity index (χ4v) is 1.62. The Hall–Kier alpha value is -2.04. The van der Waals surface area contributed by atoms with Crippen molar-refractivity contribution < 1.29 is 23.8 Å². The van der Waals surface area contributed by atoms with Gasteiger partial charge in [-0.3, -0.25) is 4.79 Å². The largest absolute Gasteiger partial charge is 0.482 e. The standard InChI is InChI=1S/C16H22O5/c1-3-4-11-20-16(18)12-21-14-8-5-13(6-9-14)7-10-15(17)19-2/h5-6,8-9H,3-4,7,10-12H2,1-2H3. The normalized spacial score (nSPS) is 10.0. The SMILES string of the molecule is CCCCOC(=O)COc1ccc(CCC(=O)OC)cc1. The lowest BCUT2D eigenvalue weighted by Crippen LogP contribution is -2.15. The van der Waals surface area contributed by atoms with Gasteiger partial charge >= 0.3 is 11.9 Å². The molecular formula is C16H22O5. The Bertz CT molecular complexity index is 438. The molecule has 0 amide bonds. The Morgan fingerprint density at radius 2 is 1.81 bits per heavy atom. The fourth-order valence-electron chi connectivity index (χ4n) is 1.62. The van der Waals surface area contributed by atoms with Gasteiger partial charge in [0.05, 0.1) is 13.7 Å². The molecule has 1 rings (SSSR count). The molecule has 0 aromatic heterocycles. The number of aryl methyl sites for hydroxylation is 1. The number of esters is 2. The molecule has 5 nitrogen and oxygen atoms in total. The smallest absolute Gasteiger partial charge is 0.344 e. The van der Waals surface area contributed by atoms with Crippen LogP contribution in [0.2, 0.25) is 0 Å². The zero-order valence-electron chi connectivity index (χ0n) is 12.6. The van der Waals surface area contributed by atoms with Crippen molar-refractivity contribution in [2.24, 2.45) is 0 Å². The second-order valence-electron chi connectivity index (χ2n) is 4.58. The third-order valence-corrected chi connectivity index (χ3v) is 2.89. The lowest BCUT2D eigenvalue weighted by molar-refractivity contribution is -0.146. The minimum Gasteiger partial charge on any atom is -0.482 e. The molecule has 0 N–H and O–H groups in total. The number of rotatable bonds is 9. The van der Waals surface area contributed by atoms with E-state index in [9.17, 15) is 9.59 Å². The molecule has 1 aromatic rings. The van der Waals surface area contributed by atoms with Crippen LogP contribution in [0.4, 0.5) is 0 Å². The monoisotopic (exact) mass is 294 g/mol. The Kier molecular flexibility index (Phi) is 7.94.